The molecule has 0 radical (unpaired) electrons. The molecule has 7 rings (SSSR count). The van der Waals surface area contributed by atoms with Gasteiger partial charge in [-0.25, -0.2) is 4.79 Å². The number of rotatable bonds is 11. The average Bonchev–Trinajstić information content (AvgIpc) is 3.22. The molecule has 0 fully saturated rings. The smallest absolute Gasteiger partial charge is 0.346 e. The first-order valence-electron chi connectivity index (χ1n) is 18.2. The highest BCUT2D eigenvalue weighted by atomic mass is 16.4. The van der Waals surface area contributed by atoms with Crippen molar-refractivity contribution in [3.63, 3.8) is 0 Å². The molecule has 1 N–H and O–H groups in total. The molecule has 3 aliphatic rings. The molecule has 0 aliphatic heterocycles. The van der Waals surface area contributed by atoms with E-state index in [9.17, 15) is 4.79 Å². The van der Waals surface area contributed by atoms with E-state index >= 15 is 0 Å². The van der Waals surface area contributed by atoms with Crippen LogP contribution in [0, 0.1) is 11.3 Å². The Kier molecular flexibility index (Phi) is 10.9. The van der Waals surface area contributed by atoms with E-state index in [4.69, 9.17) is 10.4 Å². The minimum atomic E-state index is -1.23. The molecule has 5 heteroatoms. The van der Waals surface area contributed by atoms with E-state index in [1.807, 2.05) is 12.1 Å². The van der Waals surface area contributed by atoms with E-state index in [1.165, 1.54) is 39.8 Å². The Morgan fingerprint density at radius 2 is 1.21 bits per heavy atom. The molecule has 0 bridgehead atoms. The predicted octanol–water partition coefficient (Wildman–Crippen LogP) is 12.2. The maximum atomic E-state index is 11.1. The minimum Gasteiger partial charge on any atom is -0.477 e. The van der Waals surface area contributed by atoms with Crippen LogP contribution in [-0.2, 0) is 4.79 Å². The number of nitriles is 1. The van der Waals surface area contributed by atoms with Gasteiger partial charge in [0.2, 0.25) is 0 Å². The molecule has 0 saturated heterocycles. The molecule has 0 atom stereocenters. The van der Waals surface area contributed by atoms with Crippen LogP contribution in [0.3, 0.4) is 0 Å². The number of anilines is 4. The van der Waals surface area contributed by atoms with Crippen molar-refractivity contribution in [2.45, 2.75) is 38.5 Å². The Morgan fingerprint density at radius 3 is 1.75 bits per heavy atom. The number of hydrogen-bond acceptors (Lipinski definition) is 4. The van der Waals surface area contributed by atoms with Gasteiger partial charge in [-0.1, -0.05) is 103 Å². The van der Waals surface area contributed by atoms with Gasteiger partial charge in [0.15, 0.2) is 0 Å². The fourth-order valence-electron chi connectivity index (χ4n) is 7.04. The summed E-state index contributed by atoms with van der Waals surface area (Å²) in [5, 5.41) is 18.1. The first-order valence-corrected chi connectivity index (χ1v) is 18.2. The van der Waals surface area contributed by atoms with Crippen molar-refractivity contribution in [1.29, 1.82) is 5.26 Å². The van der Waals surface area contributed by atoms with Gasteiger partial charge in [-0.2, -0.15) is 5.26 Å². The Labute approximate surface area is 312 Å². The van der Waals surface area contributed by atoms with Gasteiger partial charge in [-0.15, -0.1) is 0 Å². The normalized spacial score (nSPS) is 15.8. The highest BCUT2D eigenvalue weighted by Gasteiger charge is 2.21. The predicted molar refractivity (Wildman–Crippen MR) is 218 cm³/mol. The second-order valence-corrected chi connectivity index (χ2v) is 13.2. The average molecular weight is 692 g/mol. The topological polar surface area (TPSA) is 67.6 Å². The number of hydrogen-bond donors (Lipinski definition) is 1. The monoisotopic (exact) mass is 691 g/mol. The lowest BCUT2D eigenvalue weighted by Gasteiger charge is -2.32. The number of allylic oxidation sites excluding steroid dienone is 13. The summed E-state index contributed by atoms with van der Waals surface area (Å²) in [6.45, 7) is 0. The third-order valence-corrected chi connectivity index (χ3v) is 9.79. The number of nitrogens with zero attached hydrogens (tertiary/aromatic N) is 3. The van der Waals surface area contributed by atoms with Crippen molar-refractivity contribution in [2.75, 3.05) is 9.80 Å². The van der Waals surface area contributed by atoms with Crippen molar-refractivity contribution in [3.05, 3.63) is 203 Å². The highest BCUT2D eigenvalue weighted by Crippen LogP contribution is 2.39. The van der Waals surface area contributed by atoms with Crippen molar-refractivity contribution < 1.29 is 9.90 Å². The lowest BCUT2D eigenvalue weighted by atomic mass is 9.86. The molecule has 0 heterocycles. The van der Waals surface area contributed by atoms with Crippen LogP contribution in [0.5, 0.6) is 0 Å². The quantitative estimate of drug-likeness (QED) is 0.0963. The molecule has 0 unspecified atom stereocenters. The van der Waals surface area contributed by atoms with Crippen LogP contribution >= 0.6 is 0 Å². The second-order valence-electron chi connectivity index (χ2n) is 13.2. The summed E-state index contributed by atoms with van der Waals surface area (Å²) in [7, 11) is 0. The van der Waals surface area contributed by atoms with Crippen LogP contribution in [0.4, 0.5) is 22.7 Å². The van der Waals surface area contributed by atoms with Crippen LogP contribution < -0.4 is 9.80 Å². The maximum absolute atomic E-state index is 11.1. The van der Waals surface area contributed by atoms with E-state index in [0.717, 1.165) is 66.8 Å². The number of aliphatic carboxylic acids is 1. The minimum absolute atomic E-state index is 0.294. The van der Waals surface area contributed by atoms with Gasteiger partial charge in [0.1, 0.15) is 11.6 Å². The lowest BCUT2D eigenvalue weighted by Crippen LogP contribution is -2.23. The molecule has 0 spiro atoms. The van der Waals surface area contributed by atoms with E-state index in [0.29, 0.717) is 0 Å². The van der Waals surface area contributed by atoms with Gasteiger partial charge < -0.3 is 14.9 Å². The van der Waals surface area contributed by atoms with Crippen LogP contribution in [-0.4, -0.2) is 11.1 Å². The molecular formula is C48H41N3O2. The van der Waals surface area contributed by atoms with Crippen molar-refractivity contribution in [1.82, 2.24) is 0 Å². The van der Waals surface area contributed by atoms with Crippen molar-refractivity contribution in [3.8, 4) is 6.07 Å². The van der Waals surface area contributed by atoms with Crippen molar-refractivity contribution >= 4 is 40.4 Å². The molecular weight excluding hydrogens is 651 g/mol. The van der Waals surface area contributed by atoms with E-state index in [2.05, 4.69) is 149 Å². The summed E-state index contributed by atoms with van der Waals surface area (Å²) in [5.41, 5.74) is 13.0. The Balaban J connectivity index is 1.08. The standard InChI is InChI=1S/C48H41N3O2/c49-35-41(48(52)53)12-10-11-36-19-29-45(30-20-36)51(44-17-8-3-9-18-44)47-33-27-40(28-34-47)38-23-21-37(22-24-38)39-25-31-46(32-26-39)50(42-13-4-1-5-14-42)43-15-6-2-7-16-43/h1-2,4-8,10-21,23,25-27,29-33H,3,9,22,24,28,34H2,(H,52,53)/b11-10+,41-12+. The van der Waals surface area contributed by atoms with Gasteiger partial charge in [-0.05, 0) is 133 Å². The third kappa shape index (κ3) is 8.30. The van der Waals surface area contributed by atoms with Crippen LogP contribution in [0.2, 0.25) is 0 Å². The van der Waals surface area contributed by atoms with Gasteiger partial charge in [0.25, 0.3) is 0 Å². The van der Waals surface area contributed by atoms with Crippen LogP contribution in [0.1, 0.15) is 49.7 Å². The first-order chi connectivity index (χ1) is 26.1. The van der Waals surface area contributed by atoms with Crippen LogP contribution in [0.25, 0.3) is 11.6 Å². The molecule has 0 amide bonds. The Hall–Kier alpha value is -6.64. The summed E-state index contributed by atoms with van der Waals surface area (Å²) in [6, 6.07) is 39.9. The zero-order chi connectivity index (χ0) is 36.4. The Morgan fingerprint density at radius 1 is 0.642 bits per heavy atom. The van der Waals surface area contributed by atoms with E-state index in [-0.39, 0.29) is 5.57 Å². The molecule has 4 aromatic carbocycles. The fraction of sp³-hybridized carbons (Fsp3) is 0.125. The molecule has 260 valence electrons. The second kappa shape index (κ2) is 16.6. The van der Waals surface area contributed by atoms with Gasteiger partial charge in [0, 0.05) is 34.1 Å². The SMILES string of the molecule is N#C/C(=C\C=C\c1ccc(N(C2=CCCC=C2)C2=CC=C(C3=CC=C(c4ccc(N(c5ccccc5)c5ccccc5)cc4)CC3)CC2)cc1)C(=O)O. The number of carboxylic acid groups (broad SMARTS) is 1. The van der Waals surface area contributed by atoms with Crippen molar-refractivity contribution in [2.24, 2.45) is 0 Å². The molecule has 3 aliphatic carbocycles. The lowest BCUT2D eigenvalue weighted by molar-refractivity contribution is -0.132. The number of para-hydroxylation sites is 2. The first kappa shape index (κ1) is 34.8. The molecule has 0 saturated carbocycles. The highest BCUT2D eigenvalue weighted by molar-refractivity contribution is 5.91. The summed E-state index contributed by atoms with van der Waals surface area (Å²) >= 11 is 0. The van der Waals surface area contributed by atoms with Gasteiger partial charge >= 0.3 is 5.97 Å². The molecule has 0 aromatic heterocycles. The largest absolute Gasteiger partial charge is 0.477 e. The molecule has 4 aromatic rings. The van der Waals surface area contributed by atoms with E-state index in [1.54, 1.807) is 18.2 Å². The fourth-order valence-corrected chi connectivity index (χ4v) is 7.04. The van der Waals surface area contributed by atoms with Gasteiger partial charge in [0.05, 0.1) is 0 Å². The van der Waals surface area contributed by atoms with E-state index < -0.39 is 5.97 Å². The summed E-state index contributed by atoms with van der Waals surface area (Å²) in [5.74, 6) is -1.23. The zero-order valence-corrected chi connectivity index (χ0v) is 29.6. The number of carboxylic acids is 1. The zero-order valence-electron chi connectivity index (χ0n) is 29.6. The summed E-state index contributed by atoms with van der Waals surface area (Å²) < 4.78 is 0. The number of benzene rings is 4. The number of carbonyl (C=O) groups is 1. The summed E-state index contributed by atoms with van der Waals surface area (Å²) in [4.78, 5) is 15.8. The molecule has 53 heavy (non-hydrogen) atoms. The summed E-state index contributed by atoms with van der Waals surface area (Å²) in [6.07, 6.45) is 26.7. The maximum Gasteiger partial charge on any atom is 0.346 e. The molecule has 5 nitrogen and oxygen atoms in total. The third-order valence-electron chi connectivity index (χ3n) is 9.79. The van der Waals surface area contributed by atoms with Gasteiger partial charge in [-0.3, -0.25) is 0 Å². The van der Waals surface area contributed by atoms with Crippen LogP contribution in [0.15, 0.2) is 192 Å². The Bertz CT molecular complexity index is 2200.